The predicted octanol–water partition coefficient (Wildman–Crippen LogP) is 3.82. The number of aliphatic hydroxyl groups is 1. The summed E-state index contributed by atoms with van der Waals surface area (Å²) in [6, 6.07) is 15.0. The molecule has 2 N–H and O–H groups in total. The third-order valence-electron chi connectivity index (χ3n) is 5.44. The zero-order valence-electron chi connectivity index (χ0n) is 18.9. The number of nitrogens with one attached hydrogen (secondary N) is 1. The van der Waals surface area contributed by atoms with Crippen LogP contribution in [0.5, 0.6) is 0 Å². The van der Waals surface area contributed by atoms with Crippen LogP contribution in [0.25, 0.3) is 22.7 Å². The third-order valence-corrected chi connectivity index (χ3v) is 5.72. The van der Waals surface area contributed by atoms with Crippen LogP contribution in [0.4, 0.5) is 11.5 Å². The SMILES string of the molecule is Cc1ccc(Nc2ccc3c(c2)ncn3-c2nc(-n3nc(C#N)cc3C)c(CCO)cc2Cl)nn1. The number of nitrogens with zero attached hydrogens (tertiary/aromatic N) is 8. The van der Waals surface area contributed by atoms with E-state index in [9.17, 15) is 10.4 Å². The van der Waals surface area contributed by atoms with Crippen LogP contribution in [0.1, 0.15) is 22.6 Å². The number of pyridine rings is 1. The molecule has 0 aliphatic carbocycles. The maximum absolute atomic E-state index is 9.56. The van der Waals surface area contributed by atoms with Crippen molar-refractivity contribution in [1.29, 1.82) is 5.26 Å². The fourth-order valence-electron chi connectivity index (χ4n) is 3.78. The number of aromatic nitrogens is 7. The summed E-state index contributed by atoms with van der Waals surface area (Å²) in [5.41, 5.74) is 4.93. The molecule has 5 rings (SSSR count). The summed E-state index contributed by atoms with van der Waals surface area (Å²) in [5.74, 6) is 1.59. The molecule has 0 fully saturated rings. The van der Waals surface area contributed by atoms with Crippen LogP contribution in [0, 0.1) is 25.2 Å². The van der Waals surface area contributed by atoms with Gasteiger partial charge in [-0.15, -0.1) is 5.10 Å². The van der Waals surface area contributed by atoms with Gasteiger partial charge >= 0.3 is 0 Å². The van der Waals surface area contributed by atoms with Crippen LogP contribution >= 0.6 is 11.6 Å². The van der Waals surface area contributed by atoms with E-state index in [1.807, 2.05) is 50.2 Å². The average Bonchev–Trinajstić information content (AvgIpc) is 3.44. The van der Waals surface area contributed by atoms with Crippen LogP contribution < -0.4 is 5.32 Å². The van der Waals surface area contributed by atoms with Crippen molar-refractivity contribution in [2.24, 2.45) is 0 Å². The second kappa shape index (κ2) is 9.13. The van der Waals surface area contributed by atoms with Gasteiger partial charge in [0, 0.05) is 23.6 Å². The van der Waals surface area contributed by atoms with Crippen LogP contribution in [0.15, 0.2) is 48.8 Å². The van der Waals surface area contributed by atoms with Gasteiger partial charge in [-0.05, 0) is 62.7 Å². The monoisotopic (exact) mass is 485 g/mol. The molecule has 0 spiro atoms. The first-order valence-corrected chi connectivity index (χ1v) is 11.2. The van der Waals surface area contributed by atoms with E-state index < -0.39 is 0 Å². The van der Waals surface area contributed by atoms with Crippen LogP contribution in [-0.4, -0.2) is 46.2 Å². The molecule has 0 atom stereocenters. The molecule has 0 radical (unpaired) electrons. The molecule has 174 valence electrons. The number of fused-ring (bicyclic) bond motifs is 1. The topological polar surface area (TPSA) is 130 Å². The number of anilines is 2. The van der Waals surface area contributed by atoms with Crippen LogP contribution in [0.3, 0.4) is 0 Å². The van der Waals surface area contributed by atoms with E-state index in [0.29, 0.717) is 34.5 Å². The molecular formula is C24H20ClN9O. The molecule has 0 amide bonds. The maximum atomic E-state index is 9.56. The molecule has 0 aliphatic rings. The van der Waals surface area contributed by atoms with E-state index in [2.05, 4.69) is 25.6 Å². The highest BCUT2D eigenvalue weighted by Gasteiger charge is 2.18. The van der Waals surface area contributed by atoms with Gasteiger partial charge in [-0.2, -0.15) is 15.5 Å². The molecule has 10 nitrogen and oxygen atoms in total. The summed E-state index contributed by atoms with van der Waals surface area (Å²) in [6.07, 6.45) is 1.99. The number of hydrogen-bond acceptors (Lipinski definition) is 8. The molecule has 0 unspecified atom stereocenters. The quantitative estimate of drug-likeness (QED) is 0.371. The first-order valence-electron chi connectivity index (χ1n) is 10.8. The van der Waals surface area contributed by atoms with Gasteiger partial charge in [0.05, 0.1) is 21.7 Å². The molecule has 0 saturated heterocycles. The molecule has 0 aliphatic heterocycles. The van der Waals surface area contributed by atoms with Gasteiger partial charge in [0.2, 0.25) is 0 Å². The van der Waals surface area contributed by atoms with Crippen molar-refractivity contribution < 1.29 is 5.11 Å². The van der Waals surface area contributed by atoms with E-state index in [-0.39, 0.29) is 12.3 Å². The Balaban J connectivity index is 1.57. The number of benzene rings is 1. The highest BCUT2D eigenvalue weighted by Crippen LogP contribution is 2.29. The Hall–Kier alpha value is -4.33. The fourth-order valence-corrected chi connectivity index (χ4v) is 4.05. The number of rotatable bonds is 6. The fraction of sp³-hybridized carbons (Fsp3) is 0.167. The Kier molecular flexibility index (Phi) is 5.86. The summed E-state index contributed by atoms with van der Waals surface area (Å²) in [6.45, 7) is 3.64. The molecule has 11 heteroatoms. The lowest BCUT2D eigenvalue weighted by atomic mass is 10.2. The minimum atomic E-state index is -0.0785. The Morgan fingerprint density at radius 2 is 1.94 bits per heavy atom. The minimum Gasteiger partial charge on any atom is -0.396 e. The molecule has 4 heterocycles. The first-order chi connectivity index (χ1) is 17.0. The van der Waals surface area contributed by atoms with Crippen molar-refractivity contribution in [3.05, 3.63) is 76.5 Å². The largest absolute Gasteiger partial charge is 0.396 e. The van der Waals surface area contributed by atoms with Gasteiger partial charge in [0.1, 0.15) is 12.4 Å². The van der Waals surface area contributed by atoms with Crippen molar-refractivity contribution in [2.75, 3.05) is 11.9 Å². The molecule has 0 saturated carbocycles. The highest BCUT2D eigenvalue weighted by atomic mass is 35.5. The normalized spacial score (nSPS) is 11.1. The van der Waals surface area contributed by atoms with Crippen molar-refractivity contribution in [3.8, 4) is 17.7 Å². The summed E-state index contributed by atoms with van der Waals surface area (Å²) < 4.78 is 3.39. The lowest BCUT2D eigenvalue weighted by Crippen LogP contribution is -2.11. The molecular weight excluding hydrogens is 466 g/mol. The molecule has 0 bridgehead atoms. The second-order valence-electron chi connectivity index (χ2n) is 7.95. The third kappa shape index (κ3) is 4.30. The summed E-state index contributed by atoms with van der Waals surface area (Å²) in [5, 5.41) is 35.0. The summed E-state index contributed by atoms with van der Waals surface area (Å²) in [7, 11) is 0. The minimum absolute atomic E-state index is 0.0785. The molecule has 1 aromatic carbocycles. The Labute approximate surface area is 205 Å². The Morgan fingerprint density at radius 1 is 1.09 bits per heavy atom. The predicted molar refractivity (Wildman–Crippen MR) is 131 cm³/mol. The highest BCUT2D eigenvalue weighted by molar-refractivity contribution is 6.32. The van der Waals surface area contributed by atoms with Crippen molar-refractivity contribution in [1.82, 2.24) is 34.5 Å². The van der Waals surface area contributed by atoms with E-state index >= 15 is 0 Å². The van der Waals surface area contributed by atoms with E-state index in [1.165, 1.54) is 0 Å². The van der Waals surface area contributed by atoms with Crippen molar-refractivity contribution in [3.63, 3.8) is 0 Å². The maximum Gasteiger partial charge on any atom is 0.163 e. The average molecular weight is 486 g/mol. The number of nitriles is 1. The zero-order chi connectivity index (χ0) is 24.5. The number of aliphatic hydroxyl groups excluding tert-OH is 1. The van der Waals surface area contributed by atoms with E-state index in [0.717, 1.165) is 28.1 Å². The molecule has 4 aromatic heterocycles. The molecule has 5 aromatic rings. The van der Waals surface area contributed by atoms with Crippen LogP contribution in [-0.2, 0) is 6.42 Å². The Morgan fingerprint density at radius 3 is 2.66 bits per heavy atom. The second-order valence-corrected chi connectivity index (χ2v) is 8.35. The van der Waals surface area contributed by atoms with E-state index in [4.69, 9.17) is 16.6 Å². The van der Waals surface area contributed by atoms with Gasteiger partial charge in [0.25, 0.3) is 0 Å². The number of aryl methyl sites for hydroxylation is 2. The van der Waals surface area contributed by atoms with Gasteiger partial charge < -0.3 is 10.4 Å². The first kappa shape index (κ1) is 22.5. The Bertz CT molecular complexity index is 1580. The van der Waals surface area contributed by atoms with Crippen molar-refractivity contribution in [2.45, 2.75) is 20.3 Å². The van der Waals surface area contributed by atoms with Gasteiger partial charge in [-0.3, -0.25) is 4.57 Å². The van der Waals surface area contributed by atoms with Gasteiger partial charge in [0.15, 0.2) is 23.1 Å². The number of halogens is 1. The van der Waals surface area contributed by atoms with Crippen LogP contribution in [0.2, 0.25) is 5.02 Å². The van der Waals surface area contributed by atoms with Crippen molar-refractivity contribution >= 4 is 34.1 Å². The smallest absolute Gasteiger partial charge is 0.163 e. The lowest BCUT2D eigenvalue weighted by Gasteiger charge is -2.14. The summed E-state index contributed by atoms with van der Waals surface area (Å²) >= 11 is 6.64. The number of imidazole rings is 1. The lowest BCUT2D eigenvalue weighted by molar-refractivity contribution is 0.299. The van der Waals surface area contributed by atoms with Gasteiger partial charge in [-0.25, -0.2) is 14.6 Å². The van der Waals surface area contributed by atoms with E-state index in [1.54, 1.807) is 27.7 Å². The molecule has 35 heavy (non-hydrogen) atoms. The summed E-state index contributed by atoms with van der Waals surface area (Å²) in [4.78, 5) is 9.33. The number of hydrogen-bond donors (Lipinski definition) is 2. The van der Waals surface area contributed by atoms with Gasteiger partial charge in [-0.1, -0.05) is 11.6 Å². The standard InChI is InChI=1S/C24H20ClN9O/c1-14-3-6-22(31-30-14)28-17-4-5-21-20(11-17)27-13-33(21)24-19(25)10-16(7-8-35)23(29-24)34-15(2)9-18(12-26)32-34/h3-6,9-11,13,35H,7-8H2,1-2H3,(H,28,31). The zero-order valence-corrected chi connectivity index (χ0v) is 19.7.